The SMILES string of the molecule is CCOc1ccc([C@@H](C)NC(=O)[C@H]2CC(=O)N(CC3CC3)C2)cc1OC. The van der Waals surface area contributed by atoms with E-state index in [1.54, 1.807) is 7.11 Å². The highest BCUT2D eigenvalue weighted by Gasteiger charge is 2.37. The topological polar surface area (TPSA) is 67.9 Å². The van der Waals surface area contributed by atoms with E-state index < -0.39 is 0 Å². The maximum atomic E-state index is 12.6. The fourth-order valence-corrected chi connectivity index (χ4v) is 3.38. The van der Waals surface area contributed by atoms with Gasteiger partial charge in [0.25, 0.3) is 0 Å². The Morgan fingerprint density at radius 1 is 1.35 bits per heavy atom. The highest BCUT2D eigenvalue weighted by atomic mass is 16.5. The van der Waals surface area contributed by atoms with Gasteiger partial charge in [0.1, 0.15) is 0 Å². The molecule has 0 radical (unpaired) electrons. The lowest BCUT2D eigenvalue weighted by molar-refractivity contribution is -0.129. The molecule has 26 heavy (non-hydrogen) atoms. The third kappa shape index (κ3) is 4.29. The molecule has 0 unspecified atom stereocenters. The molecule has 2 amide bonds. The van der Waals surface area contributed by atoms with Crippen LogP contribution in [-0.4, -0.2) is 43.5 Å². The van der Waals surface area contributed by atoms with Gasteiger partial charge >= 0.3 is 0 Å². The molecular weight excluding hydrogens is 332 g/mol. The minimum atomic E-state index is -0.256. The normalized spacial score (nSPS) is 20.8. The summed E-state index contributed by atoms with van der Waals surface area (Å²) in [6, 6.07) is 5.50. The van der Waals surface area contributed by atoms with Crippen LogP contribution in [0.3, 0.4) is 0 Å². The molecule has 0 aromatic heterocycles. The molecule has 3 rings (SSSR count). The van der Waals surface area contributed by atoms with Gasteiger partial charge in [-0.2, -0.15) is 0 Å². The van der Waals surface area contributed by atoms with Gasteiger partial charge in [-0.1, -0.05) is 6.07 Å². The van der Waals surface area contributed by atoms with Crippen molar-refractivity contribution in [2.24, 2.45) is 11.8 Å². The van der Waals surface area contributed by atoms with E-state index in [0.717, 1.165) is 12.1 Å². The Balaban J connectivity index is 1.59. The third-order valence-corrected chi connectivity index (χ3v) is 5.11. The van der Waals surface area contributed by atoms with Crippen LogP contribution in [0.4, 0.5) is 0 Å². The Bertz CT molecular complexity index is 672. The van der Waals surface area contributed by atoms with E-state index in [4.69, 9.17) is 9.47 Å². The molecule has 2 fully saturated rings. The van der Waals surface area contributed by atoms with Gasteiger partial charge in [0.15, 0.2) is 11.5 Å². The molecular formula is C20H28N2O4. The maximum Gasteiger partial charge on any atom is 0.225 e. The van der Waals surface area contributed by atoms with Crippen molar-refractivity contribution in [1.29, 1.82) is 0 Å². The van der Waals surface area contributed by atoms with Crippen LogP contribution in [0.15, 0.2) is 18.2 Å². The largest absolute Gasteiger partial charge is 0.493 e. The molecule has 6 nitrogen and oxygen atoms in total. The molecule has 6 heteroatoms. The second-order valence-electron chi connectivity index (χ2n) is 7.22. The van der Waals surface area contributed by atoms with Crippen molar-refractivity contribution in [2.75, 3.05) is 26.8 Å². The van der Waals surface area contributed by atoms with Crippen LogP contribution < -0.4 is 14.8 Å². The molecule has 1 N–H and O–H groups in total. The molecule has 142 valence electrons. The number of methoxy groups -OCH3 is 1. The van der Waals surface area contributed by atoms with Crippen LogP contribution in [0.5, 0.6) is 11.5 Å². The summed E-state index contributed by atoms with van der Waals surface area (Å²) in [6.07, 6.45) is 2.73. The van der Waals surface area contributed by atoms with E-state index in [9.17, 15) is 9.59 Å². The van der Waals surface area contributed by atoms with Gasteiger partial charge in [0.2, 0.25) is 11.8 Å². The predicted molar refractivity (Wildman–Crippen MR) is 98.1 cm³/mol. The van der Waals surface area contributed by atoms with Crippen molar-refractivity contribution >= 4 is 11.8 Å². The van der Waals surface area contributed by atoms with Crippen molar-refractivity contribution in [3.63, 3.8) is 0 Å². The first-order chi connectivity index (χ1) is 12.5. The fourth-order valence-electron chi connectivity index (χ4n) is 3.38. The number of carbonyl (C=O) groups excluding carboxylic acids is 2. The molecule has 2 aliphatic rings. The zero-order valence-corrected chi connectivity index (χ0v) is 15.8. The van der Waals surface area contributed by atoms with E-state index in [2.05, 4.69) is 5.32 Å². The smallest absolute Gasteiger partial charge is 0.225 e. The number of rotatable bonds is 8. The Kier molecular flexibility index (Phi) is 5.69. The Hall–Kier alpha value is -2.24. The summed E-state index contributed by atoms with van der Waals surface area (Å²) < 4.78 is 10.9. The number of nitrogens with one attached hydrogen (secondary N) is 1. The van der Waals surface area contributed by atoms with Crippen molar-refractivity contribution in [3.8, 4) is 11.5 Å². The maximum absolute atomic E-state index is 12.6. The quantitative estimate of drug-likeness (QED) is 0.774. The molecule has 0 bridgehead atoms. The highest BCUT2D eigenvalue weighted by Crippen LogP contribution is 2.33. The van der Waals surface area contributed by atoms with Gasteiger partial charge < -0.3 is 19.7 Å². The molecule has 1 aromatic rings. The zero-order chi connectivity index (χ0) is 18.7. The lowest BCUT2D eigenvalue weighted by atomic mass is 10.0. The molecule has 1 heterocycles. The number of likely N-dealkylation sites (tertiary alicyclic amines) is 1. The average Bonchev–Trinajstić information content (AvgIpc) is 3.37. The van der Waals surface area contributed by atoms with Crippen molar-refractivity contribution < 1.29 is 19.1 Å². The second kappa shape index (κ2) is 7.98. The predicted octanol–water partition coefficient (Wildman–Crippen LogP) is 2.53. The van der Waals surface area contributed by atoms with E-state index in [-0.39, 0.29) is 23.8 Å². The third-order valence-electron chi connectivity index (χ3n) is 5.11. The lowest BCUT2D eigenvalue weighted by Crippen LogP contribution is -2.35. The first-order valence-electron chi connectivity index (χ1n) is 9.40. The Morgan fingerprint density at radius 2 is 2.12 bits per heavy atom. The van der Waals surface area contributed by atoms with Gasteiger partial charge in [0, 0.05) is 19.5 Å². The summed E-state index contributed by atoms with van der Waals surface area (Å²) in [5, 5.41) is 3.04. The number of ether oxygens (including phenoxy) is 2. The number of benzene rings is 1. The lowest BCUT2D eigenvalue weighted by Gasteiger charge is -2.19. The van der Waals surface area contributed by atoms with E-state index in [1.807, 2.05) is 36.9 Å². The van der Waals surface area contributed by atoms with E-state index >= 15 is 0 Å². The standard InChI is InChI=1S/C20H28N2O4/c1-4-26-17-8-7-15(9-18(17)25-3)13(2)21-20(24)16-10-19(23)22(12-16)11-14-5-6-14/h7-9,13-14,16H,4-6,10-12H2,1-3H3,(H,21,24)/t13-,16+/m1/s1. The van der Waals surface area contributed by atoms with E-state index in [0.29, 0.717) is 37.0 Å². The van der Waals surface area contributed by atoms with Gasteiger partial charge in [-0.05, 0) is 50.3 Å². The monoisotopic (exact) mass is 360 g/mol. The van der Waals surface area contributed by atoms with Crippen LogP contribution in [0.25, 0.3) is 0 Å². The minimum Gasteiger partial charge on any atom is -0.493 e. The van der Waals surface area contributed by atoms with Crippen LogP contribution in [-0.2, 0) is 9.59 Å². The average molecular weight is 360 g/mol. The van der Waals surface area contributed by atoms with Gasteiger partial charge in [-0.25, -0.2) is 0 Å². The molecule has 1 saturated heterocycles. The highest BCUT2D eigenvalue weighted by molar-refractivity contribution is 5.89. The summed E-state index contributed by atoms with van der Waals surface area (Å²) in [6.45, 7) is 5.78. The Labute approximate surface area is 154 Å². The summed E-state index contributed by atoms with van der Waals surface area (Å²) in [5.41, 5.74) is 0.942. The summed E-state index contributed by atoms with van der Waals surface area (Å²) >= 11 is 0. The minimum absolute atomic E-state index is 0.0583. The van der Waals surface area contributed by atoms with Gasteiger partial charge in [0.05, 0.1) is 25.7 Å². The molecule has 1 aliphatic carbocycles. The number of carbonyl (C=O) groups is 2. The number of amides is 2. The molecule has 0 spiro atoms. The van der Waals surface area contributed by atoms with E-state index in [1.165, 1.54) is 12.8 Å². The Morgan fingerprint density at radius 3 is 2.77 bits per heavy atom. The van der Waals surface area contributed by atoms with Crippen molar-refractivity contribution in [1.82, 2.24) is 10.2 Å². The molecule has 1 saturated carbocycles. The van der Waals surface area contributed by atoms with Gasteiger partial charge in [-0.3, -0.25) is 9.59 Å². The van der Waals surface area contributed by atoms with Crippen molar-refractivity contribution in [3.05, 3.63) is 23.8 Å². The van der Waals surface area contributed by atoms with Crippen LogP contribution in [0, 0.1) is 11.8 Å². The first kappa shape index (κ1) is 18.5. The summed E-state index contributed by atoms with van der Waals surface area (Å²) in [5.74, 6) is 1.78. The van der Waals surface area contributed by atoms with Crippen LogP contribution in [0.2, 0.25) is 0 Å². The molecule has 2 atom stereocenters. The van der Waals surface area contributed by atoms with Gasteiger partial charge in [-0.15, -0.1) is 0 Å². The summed E-state index contributed by atoms with van der Waals surface area (Å²) in [4.78, 5) is 26.6. The van der Waals surface area contributed by atoms with Crippen LogP contribution in [0.1, 0.15) is 44.7 Å². The first-order valence-corrected chi connectivity index (χ1v) is 9.40. The summed E-state index contributed by atoms with van der Waals surface area (Å²) in [7, 11) is 1.60. The number of nitrogens with zero attached hydrogens (tertiary/aromatic N) is 1. The zero-order valence-electron chi connectivity index (χ0n) is 15.8. The number of hydrogen-bond donors (Lipinski definition) is 1. The number of hydrogen-bond acceptors (Lipinski definition) is 4. The van der Waals surface area contributed by atoms with Crippen LogP contribution >= 0.6 is 0 Å². The second-order valence-corrected chi connectivity index (χ2v) is 7.22. The fraction of sp³-hybridized carbons (Fsp3) is 0.600. The molecule has 1 aromatic carbocycles. The molecule has 1 aliphatic heterocycles. The van der Waals surface area contributed by atoms with Crippen molar-refractivity contribution in [2.45, 2.75) is 39.2 Å².